The van der Waals surface area contributed by atoms with Crippen molar-refractivity contribution in [2.45, 2.75) is 25.5 Å². The topological polar surface area (TPSA) is 79.3 Å². The van der Waals surface area contributed by atoms with Crippen molar-refractivity contribution in [1.82, 2.24) is 4.90 Å². The maximum absolute atomic E-state index is 11.2. The second kappa shape index (κ2) is 8.22. The Morgan fingerprint density at radius 1 is 1.23 bits per heavy atom. The predicted molar refractivity (Wildman–Crippen MR) is 100 cm³/mol. The first-order valence-electron chi connectivity index (χ1n) is 8.52. The van der Waals surface area contributed by atoms with Gasteiger partial charge in [0.15, 0.2) is 0 Å². The van der Waals surface area contributed by atoms with Gasteiger partial charge in [-0.15, -0.1) is 0 Å². The third-order valence-electron chi connectivity index (χ3n) is 4.53. The number of nitrogens with two attached hydrogens (primary N) is 1. The highest BCUT2D eigenvalue weighted by atomic mass is 35.5. The summed E-state index contributed by atoms with van der Waals surface area (Å²) in [6.45, 7) is 2.73. The van der Waals surface area contributed by atoms with Crippen molar-refractivity contribution in [3.63, 3.8) is 0 Å². The highest BCUT2D eigenvalue weighted by Gasteiger charge is 2.21. The molecule has 1 aliphatic heterocycles. The SMILES string of the molecule is N#Cc1ccc(CN2CCC(Oc3ccc(C(N)=O)cc3Cl)CC2)cc1. The molecule has 0 atom stereocenters. The number of carbonyl (C=O) groups is 1. The van der Waals surface area contributed by atoms with Gasteiger partial charge in [0, 0.05) is 25.2 Å². The molecule has 2 aromatic rings. The van der Waals surface area contributed by atoms with Crippen LogP contribution >= 0.6 is 11.6 Å². The molecule has 0 saturated carbocycles. The molecule has 1 amide bonds. The van der Waals surface area contributed by atoms with Crippen LogP contribution < -0.4 is 10.5 Å². The third-order valence-corrected chi connectivity index (χ3v) is 4.83. The number of hydrogen-bond acceptors (Lipinski definition) is 4. The van der Waals surface area contributed by atoms with Gasteiger partial charge in [-0.2, -0.15) is 5.26 Å². The fraction of sp³-hybridized carbons (Fsp3) is 0.300. The van der Waals surface area contributed by atoms with Gasteiger partial charge in [-0.3, -0.25) is 9.69 Å². The lowest BCUT2D eigenvalue weighted by Crippen LogP contribution is -2.37. The van der Waals surface area contributed by atoms with Crippen molar-refractivity contribution in [1.29, 1.82) is 5.26 Å². The Kier molecular flexibility index (Phi) is 5.77. The Hall–Kier alpha value is -2.55. The first kappa shape index (κ1) is 18.2. The van der Waals surface area contributed by atoms with E-state index >= 15 is 0 Å². The van der Waals surface area contributed by atoms with E-state index in [1.54, 1.807) is 18.2 Å². The van der Waals surface area contributed by atoms with Gasteiger partial charge in [-0.1, -0.05) is 23.7 Å². The molecule has 6 heteroatoms. The number of hydrogen-bond donors (Lipinski definition) is 1. The molecule has 1 saturated heterocycles. The van der Waals surface area contributed by atoms with Crippen LogP contribution in [-0.4, -0.2) is 30.0 Å². The Morgan fingerprint density at radius 3 is 2.50 bits per heavy atom. The Labute approximate surface area is 157 Å². The van der Waals surface area contributed by atoms with Gasteiger partial charge >= 0.3 is 0 Å². The zero-order valence-electron chi connectivity index (χ0n) is 14.3. The van der Waals surface area contributed by atoms with Crippen molar-refractivity contribution in [2.75, 3.05) is 13.1 Å². The number of ether oxygens (including phenoxy) is 1. The molecule has 0 radical (unpaired) electrons. The molecule has 1 fully saturated rings. The lowest BCUT2D eigenvalue weighted by atomic mass is 10.1. The van der Waals surface area contributed by atoms with Gasteiger partial charge in [0.25, 0.3) is 0 Å². The van der Waals surface area contributed by atoms with E-state index in [1.165, 1.54) is 5.56 Å². The van der Waals surface area contributed by atoms with Gasteiger partial charge in [-0.05, 0) is 48.7 Å². The molecular weight excluding hydrogens is 350 g/mol. The van der Waals surface area contributed by atoms with Crippen LogP contribution in [-0.2, 0) is 6.54 Å². The number of likely N-dealkylation sites (tertiary alicyclic amines) is 1. The largest absolute Gasteiger partial charge is 0.489 e. The van der Waals surface area contributed by atoms with E-state index in [4.69, 9.17) is 27.3 Å². The quantitative estimate of drug-likeness (QED) is 0.876. The van der Waals surface area contributed by atoms with Gasteiger partial charge in [0.05, 0.1) is 16.7 Å². The normalized spacial score (nSPS) is 15.4. The number of piperidine rings is 1. The van der Waals surface area contributed by atoms with Crippen LogP contribution in [0.15, 0.2) is 42.5 Å². The number of amides is 1. The van der Waals surface area contributed by atoms with Crippen LogP contribution in [0, 0.1) is 11.3 Å². The minimum Gasteiger partial charge on any atom is -0.489 e. The van der Waals surface area contributed by atoms with Crippen LogP contribution in [0.4, 0.5) is 0 Å². The lowest BCUT2D eigenvalue weighted by Gasteiger charge is -2.32. The van der Waals surface area contributed by atoms with Crippen molar-refractivity contribution in [3.05, 3.63) is 64.2 Å². The fourth-order valence-corrected chi connectivity index (χ4v) is 3.28. The van der Waals surface area contributed by atoms with Crippen molar-refractivity contribution < 1.29 is 9.53 Å². The second-order valence-electron chi connectivity index (χ2n) is 6.41. The number of rotatable bonds is 5. The summed E-state index contributed by atoms with van der Waals surface area (Å²) in [5.74, 6) is 0.0803. The fourth-order valence-electron chi connectivity index (χ4n) is 3.06. The van der Waals surface area contributed by atoms with Crippen LogP contribution in [0.2, 0.25) is 5.02 Å². The van der Waals surface area contributed by atoms with Gasteiger partial charge in [0.1, 0.15) is 11.9 Å². The molecule has 26 heavy (non-hydrogen) atoms. The number of carbonyl (C=O) groups excluding carboxylic acids is 1. The van der Waals surface area contributed by atoms with E-state index in [0.717, 1.165) is 32.5 Å². The van der Waals surface area contributed by atoms with E-state index < -0.39 is 5.91 Å². The van der Waals surface area contributed by atoms with E-state index in [9.17, 15) is 4.79 Å². The van der Waals surface area contributed by atoms with Crippen molar-refractivity contribution in [2.24, 2.45) is 5.73 Å². The summed E-state index contributed by atoms with van der Waals surface area (Å²) in [6, 6.07) is 14.7. The van der Waals surface area contributed by atoms with Gasteiger partial charge in [0.2, 0.25) is 5.91 Å². The zero-order chi connectivity index (χ0) is 18.5. The molecule has 1 heterocycles. The number of benzene rings is 2. The average molecular weight is 370 g/mol. The average Bonchev–Trinajstić information content (AvgIpc) is 2.65. The molecule has 134 valence electrons. The van der Waals surface area contributed by atoms with E-state index in [1.807, 2.05) is 24.3 Å². The summed E-state index contributed by atoms with van der Waals surface area (Å²) in [4.78, 5) is 13.6. The Bertz CT molecular complexity index is 822. The highest BCUT2D eigenvalue weighted by molar-refractivity contribution is 6.32. The summed E-state index contributed by atoms with van der Waals surface area (Å²) >= 11 is 6.19. The maximum atomic E-state index is 11.2. The maximum Gasteiger partial charge on any atom is 0.248 e. The Balaban J connectivity index is 1.52. The predicted octanol–water partition coefficient (Wildman–Crippen LogP) is 3.35. The molecule has 1 aliphatic rings. The number of nitriles is 1. The summed E-state index contributed by atoms with van der Waals surface area (Å²) < 4.78 is 6.00. The minimum absolute atomic E-state index is 0.101. The van der Waals surface area contributed by atoms with Gasteiger partial charge in [-0.25, -0.2) is 0 Å². The van der Waals surface area contributed by atoms with Crippen LogP contribution in [0.5, 0.6) is 5.75 Å². The van der Waals surface area contributed by atoms with Crippen LogP contribution in [0.25, 0.3) is 0 Å². The summed E-state index contributed by atoms with van der Waals surface area (Å²) in [5, 5.41) is 9.26. The highest BCUT2D eigenvalue weighted by Crippen LogP contribution is 2.28. The second-order valence-corrected chi connectivity index (χ2v) is 6.82. The molecule has 2 N–H and O–H groups in total. The molecule has 3 rings (SSSR count). The zero-order valence-corrected chi connectivity index (χ0v) is 15.1. The molecule has 5 nitrogen and oxygen atoms in total. The summed E-state index contributed by atoms with van der Waals surface area (Å²) in [5.41, 5.74) is 7.51. The van der Waals surface area contributed by atoms with Gasteiger partial charge < -0.3 is 10.5 Å². The molecule has 0 unspecified atom stereocenters. The monoisotopic (exact) mass is 369 g/mol. The number of primary amides is 1. The summed E-state index contributed by atoms with van der Waals surface area (Å²) in [6.07, 6.45) is 1.91. The van der Waals surface area contributed by atoms with E-state index in [-0.39, 0.29) is 6.10 Å². The number of halogens is 1. The van der Waals surface area contributed by atoms with Crippen molar-refractivity contribution >= 4 is 17.5 Å². The Morgan fingerprint density at radius 2 is 1.92 bits per heavy atom. The lowest BCUT2D eigenvalue weighted by molar-refractivity contribution is 0.0967. The first-order chi connectivity index (χ1) is 12.5. The van der Waals surface area contributed by atoms with Crippen molar-refractivity contribution in [3.8, 4) is 11.8 Å². The van der Waals surface area contributed by atoms with Crippen LogP contribution in [0.1, 0.15) is 34.3 Å². The van der Waals surface area contributed by atoms with Crippen LogP contribution in [0.3, 0.4) is 0 Å². The molecule has 2 aromatic carbocycles. The molecule has 0 bridgehead atoms. The third kappa shape index (κ3) is 4.54. The molecule has 0 spiro atoms. The van der Waals surface area contributed by atoms with E-state index in [0.29, 0.717) is 21.9 Å². The minimum atomic E-state index is -0.505. The standard InChI is InChI=1S/C20H20ClN3O2/c21-18-11-16(20(23)25)5-6-19(18)26-17-7-9-24(10-8-17)13-15-3-1-14(12-22)2-4-15/h1-6,11,17H,7-10,13H2,(H2,23,25). The number of nitrogens with zero attached hydrogens (tertiary/aromatic N) is 2. The first-order valence-corrected chi connectivity index (χ1v) is 8.90. The smallest absolute Gasteiger partial charge is 0.248 e. The molecular formula is C20H20ClN3O2. The summed E-state index contributed by atoms with van der Waals surface area (Å²) in [7, 11) is 0. The molecule has 0 aromatic heterocycles. The van der Waals surface area contributed by atoms with E-state index in [2.05, 4.69) is 11.0 Å². The molecule has 0 aliphatic carbocycles.